The van der Waals surface area contributed by atoms with E-state index in [4.69, 9.17) is 4.84 Å². The van der Waals surface area contributed by atoms with Crippen molar-refractivity contribution in [2.45, 2.75) is 0 Å². The van der Waals surface area contributed by atoms with Gasteiger partial charge in [0.2, 0.25) is 0 Å². The van der Waals surface area contributed by atoms with E-state index in [9.17, 15) is 4.79 Å². The summed E-state index contributed by atoms with van der Waals surface area (Å²) in [6, 6.07) is 0. The van der Waals surface area contributed by atoms with Crippen molar-refractivity contribution in [3.8, 4) is 0 Å². The summed E-state index contributed by atoms with van der Waals surface area (Å²) < 4.78 is 1.24. The van der Waals surface area contributed by atoms with Crippen molar-refractivity contribution < 1.29 is 9.63 Å². The molecule has 0 N–H and O–H groups in total. The van der Waals surface area contributed by atoms with Gasteiger partial charge >= 0.3 is 5.97 Å². The number of aromatic nitrogens is 2. The number of rotatable bonds is 3. The van der Waals surface area contributed by atoms with Crippen LogP contribution in [0.3, 0.4) is 0 Å². The van der Waals surface area contributed by atoms with Gasteiger partial charge in [0.1, 0.15) is 6.33 Å². The Morgan fingerprint density at radius 1 is 1.75 bits per heavy atom. The van der Waals surface area contributed by atoms with Crippen LogP contribution in [-0.4, -0.2) is 21.9 Å². The average molecular weight is 184 g/mol. The lowest BCUT2D eigenvalue weighted by Gasteiger charge is -1.97. The van der Waals surface area contributed by atoms with Gasteiger partial charge < -0.3 is 4.84 Å². The van der Waals surface area contributed by atoms with Crippen LogP contribution in [-0.2, 0) is 4.79 Å². The molecule has 0 saturated heterocycles. The number of carbonyl (C=O) groups is 1. The molecule has 4 nitrogen and oxygen atoms in total. The van der Waals surface area contributed by atoms with Gasteiger partial charge in [-0.05, 0) is 11.7 Å². The molecule has 12 heavy (non-hydrogen) atoms. The van der Waals surface area contributed by atoms with Gasteiger partial charge in [-0.1, -0.05) is 0 Å². The molecule has 0 bridgehead atoms. The summed E-state index contributed by atoms with van der Waals surface area (Å²) in [4.78, 5) is 19.4. The molecule has 0 unspecified atom stereocenters. The summed E-state index contributed by atoms with van der Waals surface area (Å²) >= 11 is 1.44. The van der Waals surface area contributed by atoms with Crippen LogP contribution in [0.15, 0.2) is 30.2 Å². The largest absolute Gasteiger partial charge is 0.357 e. The lowest BCUT2D eigenvalue weighted by Crippen LogP contribution is -2.15. The summed E-state index contributed by atoms with van der Waals surface area (Å²) in [5.41, 5.74) is 0. The highest BCUT2D eigenvalue weighted by atomic mass is 32.2. The zero-order valence-corrected chi connectivity index (χ0v) is 7.32. The molecule has 0 aliphatic carbocycles. The normalized spacial score (nSPS) is 10.4. The summed E-state index contributed by atoms with van der Waals surface area (Å²) in [5.74, 6) is -0.414. The molecule has 1 aromatic heterocycles. The molecule has 0 radical (unpaired) electrons. The van der Waals surface area contributed by atoms with Crippen LogP contribution in [0.1, 0.15) is 0 Å². The number of imidazole rings is 1. The molecule has 1 rings (SSSR count). The van der Waals surface area contributed by atoms with Gasteiger partial charge in [0.05, 0.1) is 6.20 Å². The molecule has 0 amide bonds. The van der Waals surface area contributed by atoms with E-state index in [1.807, 2.05) is 6.26 Å². The van der Waals surface area contributed by atoms with Gasteiger partial charge in [0, 0.05) is 12.3 Å². The second-order valence-electron chi connectivity index (χ2n) is 1.87. The van der Waals surface area contributed by atoms with Crippen LogP contribution < -0.4 is 4.84 Å². The third kappa shape index (κ3) is 2.79. The van der Waals surface area contributed by atoms with Crippen molar-refractivity contribution in [1.29, 1.82) is 0 Å². The Morgan fingerprint density at radius 3 is 3.17 bits per heavy atom. The Labute approximate surface area is 74.2 Å². The maximum atomic E-state index is 10.9. The minimum atomic E-state index is -0.414. The van der Waals surface area contributed by atoms with Gasteiger partial charge in [0.15, 0.2) is 0 Å². The molecule has 0 fully saturated rings. The van der Waals surface area contributed by atoms with E-state index in [1.54, 1.807) is 11.6 Å². The SMILES string of the molecule is CSC=CC(=O)On1ccnc1. The first-order valence-electron chi connectivity index (χ1n) is 3.22. The lowest BCUT2D eigenvalue weighted by atomic mass is 10.7. The molecule has 0 aliphatic heterocycles. The summed E-state index contributed by atoms with van der Waals surface area (Å²) in [7, 11) is 0. The minimum absolute atomic E-state index is 0.414. The van der Waals surface area contributed by atoms with Gasteiger partial charge in [-0.15, -0.1) is 11.8 Å². The predicted octanol–water partition coefficient (Wildman–Crippen LogP) is 0.715. The second-order valence-corrected chi connectivity index (χ2v) is 2.61. The molecule has 0 atom stereocenters. The molecule has 0 spiro atoms. The van der Waals surface area contributed by atoms with Gasteiger partial charge in [0.25, 0.3) is 0 Å². The van der Waals surface area contributed by atoms with Crippen LogP contribution in [0, 0.1) is 0 Å². The highest BCUT2D eigenvalue weighted by Gasteiger charge is 1.96. The Balaban J connectivity index is 2.42. The van der Waals surface area contributed by atoms with E-state index < -0.39 is 5.97 Å². The number of thioether (sulfide) groups is 1. The zero-order chi connectivity index (χ0) is 8.81. The van der Waals surface area contributed by atoms with E-state index in [2.05, 4.69) is 4.98 Å². The standard InChI is InChI=1S/C7H8N2O2S/c1-12-5-2-7(10)11-9-4-3-8-6-9/h2-6H,1H3. The Bertz CT molecular complexity index is 269. The van der Waals surface area contributed by atoms with E-state index >= 15 is 0 Å². The van der Waals surface area contributed by atoms with Gasteiger partial charge in [-0.2, -0.15) is 4.73 Å². The van der Waals surface area contributed by atoms with Gasteiger partial charge in [-0.3, -0.25) is 0 Å². The quantitative estimate of drug-likeness (QED) is 0.649. The van der Waals surface area contributed by atoms with Gasteiger partial charge in [-0.25, -0.2) is 9.78 Å². The minimum Gasteiger partial charge on any atom is -0.331 e. The van der Waals surface area contributed by atoms with Crippen molar-refractivity contribution >= 4 is 17.7 Å². The second kappa shape index (κ2) is 4.61. The summed E-state index contributed by atoms with van der Waals surface area (Å²) in [5, 5.41) is 1.65. The van der Waals surface area contributed by atoms with Crippen LogP contribution in [0.2, 0.25) is 0 Å². The molecule has 1 aromatic rings. The molecule has 0 saturated carbocycles. The first-order chi connectivity index (χ1) is 5.83. The Morgan fingerprint density at radius 2 is 2.58 bits per heavy atom. The van der Waals surface area contributed by atoms with E-state index in [1.165, 1.54) is 35.1 Å². The highest BCUT2D eigenvalue weighted by Crippen LogP contribution is 1.92. The maximum Gasteiger partial charge on any atom is 0.357 e. The summed E-state index contributed by atoms with van der Waals surface area (Å²) in [6.07, 6.45) is 7.70. The van der Waals surface area contributed by atoms with Crippen molar-refractivity contribution in [2.24, 2.45) is 0 Å². The van der Waals surface area contributed by atoms with Crippen LogP contribution in [0.4, 0.5) is 0 Å². The fraction of sp³-hybridized carbons (Fsp3) is 0.143. The Hall–Kier alpha value is -1.23. The molecule has 5 heteroatoms. The fourth-order valence-electron chi connectivity index (χ4n) is 0.559. The van der Waals surface area contributed by atoms with Crippen LogP contribution >= 0.6 is 11.8 Å². The van der Waals surface area contributed by atoms with Crippen LogP contribution in [0.25, 0.3) is 0 Å². The summed E-state index contributed by atoms with van der Waals surface area (Å²) in [6.45, 7) is 0. The molecule has 0 aliphatic rings. The Kier molecular flexibility index (Phi) is 3.40. The highest BCUT2D eigenvalue weighted by molar-refractivity contribution is 8.01. The number of nitrogens with zero attached hydrogens (tertiary/aromatic N) is 2. The average Bonchev–Trinajstić information content (AvgIpc) is 2.53. The number of hydrogen-bond donors (Lipinski definition) is 0. The van der Waals surface area contributed by atoms with Crippen molar-refractivity contribution in [2.75, 3.05) is 6.26 Å². The van der Waals surface area contributed by atoms with Crippen LogP contribution in [0.5, 0.6) is 0 Å². The third-order valence-corrected chi connectivity index (χ3v) is 1.42. The number of hydrogen-bond acceptors (Lipinski definition) is 4. The molecular weight excluding hydrogens is 176 g/mol. The van der Waals surface area contributed by atoms with Crippen molar-refractivity contribution in [3.63, 3.8) is 0 Å². The lowest BCUT2D eigenvalue weighted by molar-refractivity contribution is -0.138. The molecular formula is C7H8N2O2S. The predicted molar refractivity (Wildman–Crippen MR) is 46.5 cm³/mol. The molecule has 64 valence electrons. The first kappa shape index (κ1) is 8.86. The maximum absolute atomic E-state index is 10.9. The molecule has 1 heterocycles. The van der Waals surface area contributed by atoms with Crippen molar-refractivity contribution in [1.82, 2.24) is 9.71 Å². The van der Waals surface area contributed by atoms with E-state index in [0.717, 1.165) is 0 Å². The van der Waals surface area contributed by atoms with E-state index in [-0.39, 0.29) is 0 Å². The van der Waals surface area contributed by atoms with E-state index in [0.29, 0.717) is 0 Å². The van der Waals surface area contributed by atoms with Crippen molar-refractivity contribution in [3.05, 3.63) is 30.2 Å². The topological polar surface area (TPSA) is 44.1 Å². The third-order valence-electron chi connectivity index (χ3n) is 1.02. The molecule has 0 aromatic carbocycles. The first-order valence-corrected chi connectivity index (χ1v) is 4.51. The zero-order valence-electron chi connectivity index (χ0n) is 6.51. The fourth-order valence-corrected chi connectivity index (χ4v) is 0.806. The monoisotopic (exact) mass is 184 g/mol. The smallest absolute Gasteiger partial charge is 0.331 e. The number of carbonyl (C=O) groups excluding carboxylic acids is 1.